The summed E-state index contributed by atoms with van der Waals surface area (Å²) in [5.41, 5.74) is 13.5. The number of anilines is 2. The topological polar surface area (TPSA) is 77.0 Å². The van der Waals surface area contributed by atoms with Crippen LogP contribution in [0.15, 0.2) is 5.57 Å². The lowest BCUT2D eigenvalue weighted by molar-refractivity contribution is 1.10. The van der Waals surface area contributed by atoms with E-state index in [9.17, 15) is 0 Å². The highest BCUT2D eigenvalue weighted by molar-refractivity contribution is 5.71. The molecule has 5 N–H and O–H groups in total. The van der Waals surface area contributed by atoms with Crippen molar-refractivity contribution in [3.05, 3.63) is 22.4 Å². The standard InChI is InChI=1S/C12H20N4/c1-5-7(2)6-10-8(3)9(4)11(16-14)12(13)15-10/h6,16H,5,14H2,1-4H3,(H2,13,15)/b7-6+. The largest absolute Gasteiger partial charge is 0.382 e. The first-order valence-corrected chi connectivity index (χ1v) is 5.41. The molecule has 0 aliphatic rings. The number of hydrogen-bond donors (Lipinski definition) is 3. The third kappa shape index (κ3) is 2.33. The molecule has 1 aromatic rings. The minimum atomic E-state index is 0.445. The molecule has 0 aliphatic heterocycles. The zero-order valence-corrected chi connectivity index (χ0v) is 10.4. The molecule has 0 saturated carbocycles. The Hall–Kier alpha value is -1.55. The van der Waals surface area contributed by atoms with Crippen LogP contribution in [0.1, 0.15) is 37.1 Å². The van der Waals surface area contributed by atoms with Crippen LogP contribution in [0.2, 0.25) is 0 Å². The fourth-order valence-corrected chi connectivity index (χ4v) is 1.50. The first-order chi connectivity index (χ1) is 7.51. The molecule has 0 spiro atoms. The molecule has 1 heterocycles. The number of nitrogens with one attached hydrogen (secondary N) is 1. The van der Waals surface area contributed by atoms with Gasteiger partial charge in [-0.15, -0.1) is 0 Å². The summed E-state index contributed by atoms with van der Waals surface area (Å²) in [5, 5.41) is 0. The monoisotopic (exact) mass is 220 g/mol. The predicted octanol–water partition coefficient (Wildman–Crippen LogP) is 2.38. The van der Waals surface area contributed by atoms with Gasteiger partial charge < -0.3 is 11.2 Å². The van der Waals surface area contributed by atoms with E-state index in [-0.39, 0.29) is 0 Å². The van der Waals surface area contributed by atoms with Crippen LogP contribution in [0, 0.1) is 13.8 Å². The second-order valence-electron chi connectivity index (χ2n) is 4.00. The van der Waals surface area contributed by atoms with Crippen LogP contribution >= 0.6 is 0 Å². The smallest absolute Gasteiger partial charge is 0.149 e. The van der Waals surface area contributed by atoms with Crippen LogP contribution < -0.4 is 17.0 Å². The second-order valence-corrected chi connectivity index (χ2v) is 4.00. The number of nitrogens with zero attached hydrogens (tertiary/aromatic N) is 1. The number of hydrazine groups is 1. The summed E-state index contributed by atoms with van der Waals surface area (Å²) < 4.78 is 0. The molecule has 0 radical (unpaired) electrons. The van der Waals surface area contributed by atoms with Gasteiger partial charge in [-0.05, 0) is 44.4 Å². The van der Waals surface area contributed by atoms with Crippen molar-refractivity contribution >= 4 is 17.6 Å². The van der Waals surface area contributed by atoms with Crippen molar-refractivity contribution in [2.75, 3.05) is 11.2 Å². The Labute approximate surface area is 96.7 Å². The van der Waals surface area contributed by atoms with Crippen LogP contribution in [0.3, 0.4) is 0 Å². The number of nitrogens with two attached hydrogens (primary N) is 2. The van der Waals surface area contributed by atoms with Crippen LogP contribution in [0.4, 0.5) is 11.5 Å². The first kappa shape index (κ1) is 12.5. The fourth-order valence-electron chi connectivity index (χ4n) is 1.50. The zero-order chi connectivity index (χ0) is 12.3. The van der Waals surface area contributed by atoms with Crippen molar-refractivity contribution in [3.63, 3.8) is 0 Å². The third-order valence-electron chi connectivity index (χ3n) is 2.90. The van der Waals surface area contributed by atoms with Gasteiger partial charge in [0.1, 0.15) is 5.82 Å². The van der Waals surface area contributed by atoms with Gasteiger partial charge in [0.2, 0.25) is 0 Å². The van der Waals surface area contributed by atoms with E-state index in [1.807, 2.05) is 13.8 Å². The maximum Gasteiger partial charge on any atom is 0.149 e. The van der Waals surface area contributed by atoms with Crippen molar-refractivity contribution in [1.82, 2.24) is 4.98 Å². The lowest BCUT2D eigenvalue weighted by atomic mass is 10.0. The van der Waals surface area contributed by atoms with E-state index in [1.165, 1.54) is 5.57 Å². The molecule has 0 saturated heterocycles. The number of nitrogen functional groups attached to an aromatic ring is 2. The van der Waals surface area contributed by atoms with E-state index in [4.69, 9.17) is 11.6 Å². The van der Waals surface area contributed by atoms with Gasteiger partial charge in [-0.3, -0.25) is 5.84 Å². The summed E-state index contributed by atoms with van der Waals surface area (Å²) in [6, 6.07) is 0. The number of pyridine rings is 1. The zero-order valence-electron chi connectivity index (χ0n) is 10.4. The fraction of sp³-hybridized carbons (Fsp3) is 0.417. The third-order valence-corrected chi connectivity index (χ3v) is 2.90. The quantitative estimate of drug-likeness (QED) is 0.540. The molecular formula is C12H20N4. The van der Waals surface area contributed by atoms with E-state index in [0.717, 1.165) is 23.2 Å². The van der Waals surface area contributed by atoms with Gasteiger partial charge in [0.15, 0.2) is 0 Å². The molecule has 0 amide bonds. The number of aromatic nitrogens is 1. The molecule has 4 heteroatoms. The Balaban J connectivity index is 3.34. The molecule has 0 aromatic carbocycles. The minimum absolute atomic E-state index is 0.445. The van der Waals surface area contributed by atoms with Gasteiger partial charge in [0, 0.05) is 0 Å². The summed E-state index contributed by atoms with van der Waals surface area (Å²) in [7, 11) is 0. The lowest BCUT2D eigenvalue weighted by Crippen LogP contribution is -2.13. The molecule has 0 fully saturated rings. The second kappa shape index (κ2) is 4.99. The molecule has 0 aliphatic carbocycles. The van der Waals surface area contributed by atoms with Crippen LogP contribution in [-0.4, -0.2) is 4.98 Å². The highest BCUT2D eigenvalue weighted by atomic mass is 15.2. The normalized spacial score (nSPS) is 11.7. The summed E-state index contributed by atoms with van der Waals surface area (Å²) in [5.74, 6) is 5.86. The molecule has 1 rings (SSSR count). The van der Waals surface area contributed by atoms with Gasteiger partial charge in [0.25, 0.3) is 0 Å². The van der Waals surface area contributed by atoms with Crippen LogP contribution in [0.5, 0.6) is 0 Å². The summed E-state index contributed by atoms with van der Waals surface area (Å²) in [4.78, 5) is 4.35. The molecule has 88 valence electrons. The SMILES string of the molecule is CC/C(C)=C/c1nc(N)c(NN)c(C)c1C. The van der Waals surface area contributed by atoms with Crippen molar-refractivity contribution in [2.24, 2.45) is 5.84 Å². The molecule has 4 nitrogen and oxygen atoms in total. The minimum Gasteiger partial charge on any atom is -0.382 e. The summed E-state index contributed by atoms with van der Waals surface area (Å²) in [6.07, 6.45) is 3.08. The Bertz CT molecular complexity index is 422. The maximum atomic E-state index is 5.84. The van der Waals surface area contributed by atoms with Gasteiger partial charge in [0.05, 0.1) is 11.4 Å². The van der Waals surface area contributed by atoms with Gasteiger partial charge in [-0.1, -0.05) is 12.5 Å². The van der Waals surface area contributed by atoms with Crippen molar-refractivity contribution in [2.45, 2.75) is 34.1 Å². The Kier molecular flexibility index (Phi) is 3.90. The van der Waals surface area contributed by atoms with E-state index < -0.39 is 0 Å². The van der Waals surface area contributed by atoms with Crippen LogP contribution in [-0.2, 0) is 0 Å². The Morgan fingerprint density at radius 1 is 1.38 bits per heavy atom. The van der Waals surface area contributed by atoms with E-state index >= 15 is 0 Å². The number of allylic oxidation sites excluding steroid dienone is 1. The maximum absolute atomic E-state index is 5.84. The van der Waals surface area contributed by atoms with E-state index in [2.05, 4.69) is 30.3 Å². The van der Waals surface area contributed by atoms with Gasteiger partial charge in [-0.2, -0.15) is 0 Å². The molecule has 0 atom stereocenters. The summed E-state index contributed by atoms with van der Waals surface area (Å²) >= 11 is 0. The summed E-state index contributed by atoms with van der Waals surface area (Å²) in [6.45, 7) is 8.22. The Morgan fingerprint density at radius 2 is 2.00 bits per heavy atom. The average Bonchev–Trinajstić information content (AvgIpc) is 2.26. The van der Waals surface area contributed by atoms with E-state index in [1.54, 1.807) is 0 Å². The molecular weight excluding hydrogens is 200 g/mol. The highest BCUT2D eigenvalue weighted by Gasteiger charge is 2.10. The van der Waals surface area contributed by atoms with Gasteiger partial charge in [-0.25, -0.2) is 4.98 Å². The lowest BCUT2D eigenvalue weighted by Gasteiger charge is -2.13. The van der Waals surface area contributed by atoms with Gasteiger partial charge >= 0.3 is 0 Å². The highest BCUT2D eigenvalue weighted by Crippen LogP contribution is 2.26. The van der Waals surface area contributed by atoms with Crippen molar-refractivity contribution in [3.8, 4) is 0 Å². The first-order valence-electron chi connectivity index (χ1n) is 5.41. The Morgan fingerprint density at radius 3 is 2.50 bits per heavy atom. The van der Waals surface area contributed by atoms with Crippen molar-refractivity contribution < 1.29 is 0 Å². The molecule has 0 bridgehead atoms. The average molecular weight is 220 g/mol. The molecule has 16 heavy (non-hydrogen) atoms. The van der Waals surface area contributed by atoms with Crippen molar-refractivity contribution in [1.29, 1.82) is 0 Å². The molecule has 1 aromatic heterocycles. The molecule has 0 unspecified atom stereocenters. The van der Waals surface area contributed by atoms with Crippen LogP contribution in [0.25, 0.3) is 6.08 Å². The number of rotatable bonds is 3. The number of hydrogen-bond acceptors (Lipinski definition) is 4. The van der Waals surface area contributed by atoms with E-state index in [0.29, 0.717) is 11.5 Å². The predicted molar refractivity (Wildman–Crippen MR) is 69.9 cm³/mol.